The minimum absolute atomic E-state index is 0.413. The molecule has 2 aromatic carbocycles. The Labute approximate surface area is 176 Å². The van der Waals surface area contributed by atoms with Crippen molar-refractivity contribution in [3.8, 4) is 23.3 Å². The molecule has 0 atom stereocenters. The van der Waals surface area contributed by atoms with Gasteiger partial charge in [-0.3, -0.25) is 0 Å². The van der Waals surface area contributed by atoms with Crippen molar-refractivity contribution in [2.75, 3.05) is 0 Å². The molecule has 0 unspecified atom stereocenters. The van der Waals surface area contributed by atoms with Gasteiger partial charge in [-0.05, 0) is 60.6 Å². The van der Waals surface area contributed by atoms with E-state index in [0.717, 1.165) is 41.9 Å². The van der Waals surface area contributed by atoms with Gasteiger partial charge in [0.25, 0.3) is 0 Å². The van der Waals surface area contributed by atoms with Gasteiger partial charge in [-0.2, -0.15) is 10.5 Å². The molecule has 1 fully saturated rings. The van der Waals surface area contributed by atoms with Gasteiger partial charge in [0.15, 0.2) is 0 Å². The normalized spacial score (nSPS) is 18.8. The summed E-state index contributed by atoms with van der Waals surface area (Å²) >= 11 is 0. The molecule has 1 aliphatic rings. The second-order valence-electron chi connectivity index (χ2n) is 8.44. The summed E-state index contributed by atoms with van der Waals surface area (Å²) in [5.41, 5.74) is 5.40. The van der Waals surface area contributed by atoms with Gasteiger partial charge in [0, 0.05) is 5.56 Å². The van der Waals surface area contributed by atoms with Crippen molar-refractivity contribution in [2.24, 2.45) is 5.92 Å². The van der Waals surface area contributed by atoms with E-state index >= 15 is 0 Å². The van der Waals surface area contributed by atoms with E-state index in [1.165, 1.54) is 44.1 Å². The Balaban J connectivity index is 1.82. The molecule has 1 saturated carbocycles. The molecule has 1 aliphatic carbocycles. The van der Waals surface area contributed by atoms with Crippen LogP contribution in [-0.2, 0) is 6.42 Å². The van der Waals surface area contributed by atoms with Crippen molar-refractivity contribution in [3.05, 3.63) is 58.7 Å². The van der Waals surface area contributed by atoms with Crippen molar-refractivity contribution in [1.29, 1.82) is 10.5 Å². The van der Waals surface area contributed by atoms with Gasteiger partial charge in [0.05, 0.1) is 11.1 Å². The predicted molar refractivity (Wildman–Crippen MR) is 120 cm³/mol. The Morgan fingerprint density at radius 2 is 1.52 bits per heavy atom. The molecule has 0 aliphatic heterocycles. The van der Waals surface area contributed by atoms with Crippen LogP contribution in [0, 0.1) is 28.6 Å². The largest absolute Gasteiger partial charge is 0.192 e. The van der Waals surface area contributed by atoms with E-state index in [1.54, 1.807) is 0 Å². The lowest BCUT2D eigenvalue weighted by Crippen LogP contribution is -2.15. The van der Waals surface area contributed by atoms with E-state index in [4.69, 9.17) is 0 Å². The molecule has 2 nitrogen and oxygen atoms in total. The van der Waals surface area contributed by atoms with Crippen LogP contribution < -0.4 is 0 Å². The standard InChI is InChI=1S/C27H32N2/c1-3-5-6-7-21-10-14-23(15-11-21)25-17-16-24(26(18-28)27(25)19-29)22-12-8-20(4-2)9-13-22/h8-9,12-13,16-17,21,23H,3-7,10-11,14-15H2,1-2H3/t21-,23-. The third-order valence-corrected chi connectivity index (χ3v) is 6.64. The first-order chi connectivity index (χ1) is 14.2. The fraction of sp³-hybridized carbons (Fsp3) is 0.481. The SMILES string of the molecule is CCCCC[C@H]1CC[C@H](c2ccc(-c3ccc(CC)cc3)c(C#N)c2C#N)CC1. The third kappa shape index (κ3) is 4.89. The predicted octanol–water partition coefficient (Wildman–Crippen LogP) is 7.51. The number of rotatable bonds is 7. The minimum Gasteiger partial charge on any atom is -0.192 e. The lowest BCUT2D eigenvalue weighted by Gasteiger charge is -2.29. The molecule has 0 saturated heterocycles. The Morgan fingerprint density at radius 1 is 0.828 bits per heavy atom. The summed E-state index contributed by atoms with van der Waals surface area (Å²) in [6.07, 6.45) is 11.1. The van der Waals surface area contributed by atoms with Crippen LogP contribution in [0.25, 0.3) is 11.1 Å². The van der Waals surface area contributed by atoms with Crippen LogP contribution in [0.2, 0.25) is 0 Å². The molecule has 0 spiro atoms. The van der Waals surface area contributed by atoms with Gasteiger partial charge in [-0.1, -0.05) is 75.9 Å². The van der Waals surface area contributed by atoms with Gasteiger partial charge in [-0.15, -0.1) is 0 Å². The quantitative estimate of drug-likeness (QED) is 0.464. The zero-order valence-electron chi connectivity index (χ0n) is 17.9. The highest BCUT2D eigenvalue weighted by molar-refractivity contribution is 5.75. The molecule has 2 aromatic rings. The van der Waals surface area contributed by atoms with Crippen molar-refractivity contribution < 1.29 is 0 Å². The number of hydrogen-bond acceptors (Lipinski definition) is 2. The van der Waals surface area contributed by atoms with Crippen molar-refractivity contribution in [3.63, 3.8) is 0 Å². The van der Waals surface area contributed by atoms with Crippen LogP contribution >= 0.6 is 0 Å². The smallest absolute Gasteiger partial charge is 0.101 e. The monoisotopic (exact) mass is 384 g/mol. The van der Waals surface area contributed by atoms with Crippen molar-refractivity contribution in [1.82, 2.24) is 0 Å². The summed E-state index contributed by atoms with van der Waals surface area (Å²) in [6, 6.07) is 17.2. The van der Waals surface area contributed by atoms with Gasteiger partial charge in [0.1, 0.15) is 12.1 Å². The maximum atomic E-state index is 9.91. The molecule has 0 bridgehead atoms. The molecule has 29 heavy (non-hydrogen) atoms. The number of nitriles is 2. The molecule has 0 N–H and O–H groups in total. The number of hydrogen-bond donors (Lipinski definition) is 0. The van der Waals surface area contributed by atoms with E-state index < -0.39 is 0 Å². The number of benzene rings is 2. The van der Waals surface area contributed by atoms with Crippen LogP contribution in [0.3, 0.4) is 0 Å². The lowest BCUT2D eigenvalue weighted by molar-refractivity contribution is 0.302. The zero-order valence-corrected chi connectivity index (χ0v) is 17.9. The van der Waals surface area contributed by atoms with E-state index in [9.17, 15) is 10.5 Å². The molecular weight excluding hydrogens is 352 g/mol. The van der Waals surface area contributed by atoms with Crippen LogP contribution in [-0.4, -0.2) is 0 Å². The maximum absolute atomic E-state index is 9.91. The molecule has 0 heterocycles. The molecule has 2 heteroatoms. The highest BCUT2D eigenvalue weighted by atomic mass is 14.3. The van der Waals surface area contributed by atoms with E-state index in [-0.39, 0.29) is 0 Å². The van der Waals surface area contributed by atoms with Gasteiger partial charge < -0.3 is 0 Å². The topological polar surface area (TPSA) is 47.6 Å². The highest BCUT2D eigenvalue weighted by Gasteiger charge is 2.26. The summed E-state index contributed by atoms with van der Waals surface area (Å²) < 4.78 is 0. The first-order valence-corrected chi connectivity index (χ1v) is 11.3. The minimum atomic E-state index is 0.413. The molecule has 3 rings (SSSR count). The fourth-order valence-corrected chi connectivity index (χ4v) is 4.80. The first-order valence-electron chi connectivity index (χ1n) is 11.3. The third-order valence-electron chi connectivity index (χ3n) is 6.64. The lowest BCUT2D eigenvalue weighted by atomic mass is 9.75. The number of unbranched alkanes of at least 4 members (excludes halogenated alkanes) is 2. The van der Waals surface area contributed by atoms with Gasteiger partial charge >= 0.3 is 0 Å². The van der Waals surface area contributed by atoms with E-state index in [1.807, 2.05) is 0 Å². The molecule has 0 amide bonds. The van der Waals surface area contributed by atoms with Crippen molar-refractivity contribution >= 4 is 0 Å². The second-order valence-corrected chi connectivity index (χ2v) is 8.44. The Bertz CT molecular complexity index is 888. The second kappa shape index (κ2) is 10.3. The molecule has 150 valence electrons. The van der Waals surface area contributed by atoms with Crippen LogP contribution in [0.4, 0.5) is 0 Å². The van der Waals surface area contributed by atoms with Gasteiger partial charge in [0.2, 0.25) is 0 Å². The van der Waals surface area contributed by atoms with Crippen molar-refractivity contribution in [2.45, 2.75) is 77.6 Å². The molecule has 0 radical (unpaired) electrons. The summed E-state index contributed by atoms with van der Waals surface area (Å²) in [5, 5.41) is 19.8. The average molecular weight is 385 g/mol. The summed E-state index contributed by atoms with van der Waals surface area (Å²) in [6.45, 7) is 4.39. The first kappa shape index (κ1) is 21.1. The zero-order chi connectivity index (χ0) is 20.6. The maximum Gasteiger partial charge on any atom is 0.101 e. The summed E-state index contributed by atoms with van der Waals surface area (Å²) in [4.78, 5) is 0. The summed E-state index contributed by atoms with van der Waals surface area (Å²) in [7, 11) is 0. The Hall–Kier alpha value is -2.58. The Morgan fingerprint density at radius 3 is 2.10 bits per heavy atom. The molecule has 0 aromatic heterocycles. The van der Waals surface area contributed by atoms with Crippen LogP contribution in [0.5, 0.6) is 0 Å². The average Bonchev–Trinajstić information content (AvgIpc) is 2.78. The van der Waals surface area contributed by atoms with Crippen LogP contribution in [0.15, 0.2) is 36.4 Å². The number of aryl methyl sites for hydroxylation is 1. The van der Waals surface area contributed by atoms with E-state index in [0.29, 0.717) is 17.0 Å². The summed E-state index contributed by atoms with van der Waals surface area (Å²) in [5.74, 6) is 1.26. The fourth-order valence-electron chi connectivity index (χ4n) is 4.80. The van der Waals surface area contributed by atoms with Gasteiger partial charge in [-0.25, -0.2) is 0 Å². The molecular formula is C27H32N2. The Kier molecular flexibility index (Phi) is 7.48. The number of nitrogens with zero attached hydrogens (tertiary/aromatic N) is 2. The van der Waals surface area contributed by atoms with E-state index in [2.05, 4.69) is 62.4 Å². The van der Waals surface area contributed by atoms with Crippen LogP contribution in [0.1, 0.15) is 93.4 Å². The highest BCUT2D eigenvalue weighted by Crippen LogP contribution is 2.41.